The van der Waals surface area contributed by atoms with Crippen LogP contribution in [0.5, 0.6) is 5.75 Å². The second-order valence-corrected chi connectivity index (χ2v) is 7.18. The quantitative estimate of drug-likeness (QED) is 0.568. The summed E-state index contributed by atoms with van der Waals surface area (Å²) in [7, 11) is 3.45. The van der Waals surface area contributed by atoms with Crippen molar-refractivity contribution >= 4 is 17.5 Å². The zero-order valence-corrected chi connectivity index (χ0v) is 17.9. The zero-order chi connectivity index (χ0) is 22.2. The van der Waals surface area contributed by atoms with E-state index in [0.717, 1.165) is 16.9 Å². The number of benzene rings is 2. The van der Waals surface area contributed by atoms with Gasteiger partial charge in [-0.15, -0.1) is 0 Å². The maximum atomic E-state index is 12.2. The van der Waals surface area contributed by atoms with Gasteiger partial charge in [-0.1, -0.05) is 17.3 Å². The third-order valence-corrected chi connectivity index (χ3v) is 4.55. The Morgan fingerprint density at radius 1 is 1.06 bits per heavy atom. The van der Waals surface area contributed by atoms with Crippen LogP contribution in [0.2, 0.25) is 0 Å². The van der Waals surface area contributed by atoms with Crippen LogP contribution in [0, 0.1) is 0 Å². The Morgan fingerprint density at radius 3 is 2.42 bits per heavy atom. The van der Waals surface area contributed by atoms with E-state index in [0.29, 0.717) is 36.9 Å². The number of anilines is 1. The molecule has 0 aliphatic heterocycles. The van der Waals surface area contributed by atoms with E-state index in [4.69, 9.17) is 9.26 Å². The van der Waals surface area contributed by atoms with Crippen molar-refractivity contribution in [2.24, 2.45) is 0 Å². The topological polar surface area (TPSA) is 97.6 Å². The van der Waals surface area contributed by atoms with Crippen molar-refractivity contribution in [3.63, 3.8) is 0 Å². The van der Waals surface area contributed by atoms with Gasteiger partial charge in [-0.25, -0.2) is 0 Å². The summed E-state index contributed by atoms with van der Waals surface area (Å²) in [6, 6.07) is 14.7. The van der Waals surface area contributed by atoms with Crippen molar-refractivity contribution < 1.29 is 18.8 Å². The second kappa shape index (κ2) is 10.4. The molecule has 0 aliphatic carbocycles. The number of nitrogens with zero attached hydrogens (tertiary/aromatic N) is 3. The van der Waals surface area contributed by atoms with Crippen molar-refractivity contribution in [3.8, 4) is 17.1 Å². The number of hydrogen-bond acceptors (Lipinski definition) is 6. The molecule has 1 aromatic heterocycles. The highest BCUT2D eigenvalue weighted by atomic mass is 16.5. The fourth-order valence-electron chi connectivity index (χ4n) is 2.82. The number of hydrogen-bond donors (Lipinski definition) is 1. The van der Waals surface area contributed by atoms with E-state index in [9.17, 15) is 9.59 Å². The normalized spacial score (nSPS) is 10.5. The highest BCUT2D eigenvalue weighted by Gasteiger charge is 2.12. The summed E-state index contributed by atoms with van der Waals surface area (Å²) in [5, 5.41) is 6.81. The summed E-state index contributed by atoms with van der Waals surface area (Å²) in [6.07, 6.45) is 0.881. The van der Waals surface area contributed by atoms with Gasteiger partial charge in [-0.05, 0) is 48.9 Å². The number of rotatable bonds is 9. The lowest BCUT2D eigenvalue weighted by atomic mass is 10.1. The molecule has 0 spiro atoms. The Morgan fingerprint density at radius 2 is 1.77 bits per heavy atom. The summed E-state index contributed by atoms with van der Waals surface area (Å²) in [5.41, 5.74) is 2.38. The van der Waals surface area contributed by atoms with Crippen LogP contribution in [-0.4, -0.2) is 47.6 Å². The molecule has 8 heteroatoms. The molecule has 0 bridgehead atoms. The van der Waals surface area contributed by atoms with Crippen LogP contribution in [0.4, 0.5) is 5.69 Å². The lowest BCUT2D eigenvalue weighted by molar-refractivity contribution is -0.128. The highest BCUT2D eigenvalue weighted by Crippen LogP contribution is 2.20. The summed E-state index contributed by atoms with van der Waals surface area (Å²) in [5.74, 6) is 1.53. The second-order valence-electron chi connectivity index (χ2n) is 7.18. The molecule has 0 radical (unpaired) electrons. The summed E-state index contributed by atoms with van der Waals surface area (Å²) >= 11 is 0. The summed E-state index contributed by atoms with van der Waals surface area (Å²) in [4.78, 5) is 29.9. The molecule has 8 nitrogen and oxygen atoms in total. The van der Waals surface area contributed by atoms with Crippen LogP contribution in [0.25, 0.3) is 11.4 Å². The van der Waals surface area contributed by atoms with Crippen molar-refractivity contribution in [3.05, 3.63) is 60.0 Å². The smallest absolute Gasteiger partial charge is 0.227 e. The average Bonchev–Trinajstić information content (AvgIpc) is 3.23. The van der Waals surface area contributed by atoms with Crippen LogP contribution in [-0.2, 0) is 22.4 Å². The lowest BCUT2D eigenvalue weighted by Crippen LogP contribution is -2.23. The van der Waals surface area contributed by atoms with E-state index in [-0.39, 0.29) is 18.2 Å². The summed E-state index contributed by atoms with van der Waals surface area (Å²) in [6.45, 7) is 2.53. The Labute approximate surface area is 181 Å². The van der Waals surface area contributed by atoms with Crippen LogP contribution in [0.1, 0.15) is 24.8 Å². The largest absolute Gasteiger partial charge is 0.494 e. The molecule has 2 amide bonds. The number of carbonyl (C=O) groups is 2. The predicted octanol–water partition coefficient (Wildman–Crippen LogP) is 3.34. The Balaban J connectivity index is 1.49. The molecule has 0 saturated carbocycles. The van der Waals surface area contributed by atoms with E-state index >= 15 is 0 Å². The maximum absolute atomic E-state index is 12.2. The molecule has 1 N–H and O–H groups in total. The van der Waals surface area contributed by atoms with Gasteiger partial charge >= 0.3 is 0 Å². The third-order valence-electron chi connectivity index (χ3n) is 4.55. The minimum atomic E-state index is -0.155. The van der Waals surface area contributed by atoms with Crippen molar-refractivity contribution in [2.75, 3.05) is 26.0 Å². The Bertz CT molecular complexity index is 1010. The minimum Gasteiger partial charge on any atom is -0.494 e. The van der Waals surface area contributed by atoms with Crippen LogP contribution in [0.15, 0.2) is 53.1 Å². The number of aryl methyl sites for hydroxylation is 1. The molecule has 31 heavy (non-hydrogen) atoms. The van der Waals surface area contributed by atoms with Crippen molar-refractivity contribution in [1.29, 1.82) is 0 Å². The zero-order valence-electron chi connectivity index (χ0n) is 17.9. The molecule has 0 fully saturated rings. The monoisotopic (exact) mass is 422 g/mol. The predicted molar refractivity (Wildman–Crippen MR) is 117 cm³/mol. The molecule has 0 atom stereocenters. The molecule has 2 aromatic carbocycles. The van der Waals surface area contributed by atoms with E-state index in [1.54, 1.807) is 31.1 Å². The number of carbonyl (C=O) groups excluding carboxylic acids is 2. The van der Waals surface area contributed by atoms with Gasteiger partial charge in [0.2, 0.25) is 23.5 Å². The molecular formula is C23H26N4O4. The van der Waals surface area contributed by atoms with E-state index in [2.05, 4.69) is 15.5 Å². The van der Waals surface area contributed by atoms with E-state index in [1.807, 2.05) is 43.3 Å². The van der Waals surface area contributed by atoms with Gasteiger partial charge in [-0.2, -0.15) is 4.98 Å². The van der Waals surface area contributed by atoms with Crippen LogP contribution >= 0.6 is 0 Å². The molecule has 3 aromatic rings. The van der Waals surface area contributed by atoms with Gasteiger partial charge in [0, 0.05) is 38.2 Å². The van der Waals surface area contributed by atoms with Crippen LogP contribution < -0.4 is 10.1 Å². The van der Waals surface area contributed by atoms with Gasteiger partial charge in [0.1, 0.15) is 5.75 Å². The number of nitrogens with one attached hydrogen (secondary N) is 1. The Hall–Kier alpha value is -3.68. The highest BCUT2D eigenvalue weighted by molar-refractivity contribution is 5.90. The molecular weight excluding hydrogens is 396 g/mol. The van der Waals surface area contributed by atoms with Gasteiger partial charge in [0.15, 0.2) is 0 Å². The van der Waals surface area contributed by atoms with Gasteiger partial charge in [0.25, 0.3) is 0 Å². The number of ether oxygens (including phenoxy) is 1. The number of amides is 2. The van der Waals surface area contributed by atoms with E-state index < -0.39 is 0 Å². The summed E-state index contributed by atoms with van der Waals surface area (Å²) < 4.78 is 10.7. The first-order valence-corrected chi connectivity index (χ1v) is 10.1. The fraction of sp³-hybridized carbons (Fsp3) is 0.304. The maximum Gasteiger partial charge on any atom is 0.227 e. The number of aromatic nitrogens is 2. The van der Waals surface area contributed by atoms with E-state index in [1.165, 1.54) is 0 Å². The van der Waals surface area contributed by atoms with Crippen molar-refractivity contribution in [2.45, 2.75) is 26.2 Å². The molecule has 0 aliphatic rings. The van der Waals surface area contributed by atoms with Crippen molar-refractivity contribution in [1.82, 2.24) is 15.0 Å². The first-order chi connectivity index (χ1) is 14.9. The number of likely N-dealkylation sites (N-methyl/N-ethyl adjacent to an activating group) is 1. The fourth-order valence-corrected chi connectivity index (χ4v) is 2.82. The Kier molecular flexibility index (Phi) is 7.37. The SMILES string of the molecule is CCOc1ccc(-c2noc(CCC(=O)Nc3ccc(CC(=O)N(C)C)cc3)n2)cc1. The first kappa shape index (κ1) is 22.0. The standard InChI is InChI=1S/C23H26N4O4/c1-4-30-19-11-7-17(8-12-19)23-25-21(31-26-23)14-13-20(28)24-18-9-5-16(6-10-18)15-22(29)27(2)3/h5-12H,4,13-15H2,1-3H3,(H,24,28). The first-order valence-electron chi connectivity index (χ1n) is 10.1. The van der Waals surface area contributed by atoms with Gasteiger partial charge < -0.3 is 19.5 Å². The van der Waals surface area contributed by atoms with Gasteiger partial charge in [-0.3, -0.25) is 9.59 Å². The minimum absolute atomic E-state index is 0.0287. The lowest BCUT2D eigenvalue weighted by Gasteiger charge is -2.10. The molecule has 0 unspecified atom stereocenters. The van der Waals surface area contributed by atoms with Crippen LogP contribution in [0.3, 0.4) is 0 Å². The molecule has 1 heterocycles. The molecule has 3 rings (SSSR count). The molecule has 162 valence electrons. The van der Waals surface area contributed by atoms with Gasteiger partial charge in [0.05, 0.1) is 13.0 Å². The third kappa shape index (κ3) is 6.40. The molecule has 0 saturated heterocycles. The average molecular weight is 422 g/mol.